The molecule has 7 atom stereocenters. The summed E-state index contributed by atoms with van der Waals surface area (Å²) < 4.78 is 4.89. The lowest BCUT2D eigenvalue weighted by Crippen LogP contribution is -2.61. The van der Waals surface area contributed by atoms with Gasteiger partial charge in [-0.1, -0.05) is 39.0 Å². The quantitative estimate of drug-likeness (QED) is 0.715. The first-order valence-electron chi connectivity index (χ1n) is 10.5. The third kappa shape index (κ3) is 2.59. The van der Waals surface area contributed by atoms with Gasteiger partial charge in [-0.05, 0) is 41.9 Å². The molecule has 2 fully saturated rings. The first-order chi connectivity index (χ1) is 13.9. The van der Waals surface area contributed by atoms with Gasteiger partial charge in [0.05, 0.1) is 0 Å². The van der Waals surface area contributed by atoms with Crippen molar-refractivity contribution in [3.63, 3.8) is 0 Å². The first kappa shape index (κ1) is 20.9. The number of carbonyl (C=O) groups excluding carboxylic acids is 4. The standard InChI is InChI=1S/C24H28O6/c1-13-9-18-17-6-5-15-10-16(26)7-8-22(15,3)21(17)19(27)11-23(18,4)24(13,29)20(28)12-30-14(2)25/h5-8,10,13,17-18,21,29H,9,11-12H2,1-4H3/t13-,17+,18+,21-,22+,23+,24+/m1/s1. The number of hydrogen-bond donors (Lipinski definition) is 1. The molecular formula is C24H28O6. The van der Waals surface area contributed by atoms with Crippen LogP contribution in [0.25, 0.3) is 0 Å². The van der Waals surface area contributed by atoms with Crippen LogP contribution in [0.2, 0.25) is 0 Å². The van der Waals surface area contributed by atoms with Gasteiger partial charge in [0.15, 0.2) is 12.4 Å². The molecule has 0 bridgehead atoms. The molecular weight excluding hydrogens is 384 g/mol. The van der Waals surface area contributed by atoms with E-state index in [4.69, 9.17) is 4.74 Å². The van der Waals surface area contributed by atoms with Crippen LogP contribution in [0.15, 0.2) is 36.0 Å². The van der Waals surface area contributed by atoms with E-state index in [1.54, 1.807) is 6.08 Å². The lowest BCUT2D eigenvalue weighted by Gasteiger charge is -2.55. The summed E-state index contributed by atoms with van der Waals surface area (Å²) >= 11 is 0. The molecule has 6 heteroatoms. The average molecular weight is 412 g/mol. The summed E-state index contributed by atoms with van der Waals surface area (Å²) in [6, 6.07) is 0. The fraction of sp³-hybridized carbons (Fsp3) is 0.583. The highest BCUT2D eigenvalue weighted by atomic mass is 16.5. The predicted molar refractivity (Wildman–Crippen MR) is 108 cm³/mol. The number of carbonyl (C=O) groups is 4. The molecule has 6 nitrogen and oxygen atoms in total. The van der Waals surface area contributed by atoms with E-state index in [9.17, 15) is 24.3 Å². The zero-order valence-corrected chi connectivity index (χ0v) is 17.8. The number of allylic oxidation sites excluding steroid dienone is 6. The maximum absolute atomic E-state index is 13.5. The van der Waals surface area contributed by atoms with E-state index in [0.29, 0.717) is 6.42 Å². The summed E-state index contributed by atoms with van der Waals surface area (Å²) in [5.74, 6) is -2.16. The SMILES string of the molecule is CC(=O)OCC(=O)[C@@]1(O)[C@H](C)C[C@H]2[C@@H]3C=CC4=CC(=O)C=C[C@]4(C)[C@H]3C(=O)C[C@@]21C. The summed E-state index contributed by atoms with van der Waals surface area (Å²) in [4.78, 5) is 49.6. The average Bonchev–Trinajstić information content (AvgIpc) is 2.87. The van der Waals surface area contributed by atoms with Gasteiger partial charge in [-0.25, -0.2) is 0 Å². The van der Waals surface area contributed by atoms with E-state index in [1.807, 2.05) is 39.0 Å². The van der Waals surface area contributed by atoms with Crippen LogP contribution in [0.5, 0.6) is 0 Å². The Morgan fingerprint density at radius 2 is 1.93 bits per heavy atom. The van der Waals surface area contributed by atoms with Crippen LogP contribution in [0.1, 0.15) is 40.5 Å². The summed E-state index contributed by atoms with van der Waals surface area (Å²) in [7, 11) is 0. The molecule has 0 amide bonds. The van der Waals surface area contributed by atoms with Crippen molar-refractivity contribution < 1.29 is 29.0 Å². The summed E-state index contributed by atoms with van der Waals surface area (Å²) in [6.07, 6.45) is 9.52. The smallest absolute Gasteiger partial charge is 0.303 e. The van der Waals surface area contributed by atoms with Gasteiger partial charge < -0.3 is 9.84 Å². The first-order valence-corrected chi connectivity index (χ1v) is 10.5. The van der Waals surface area contributed by atoms with E-state index in [-0.39, 0.29) is 41.7 Å². The minimum atomic E-state index is -1.74. The van der Waals surface area contributed by atoms with Gasteiger partial charge in [-0.15, -0.1) is 0 Å². The van der Waals surface area contributed by atoms with Crippen molar-refractivity contribution in [1.29, 1.82) is 0 Å². The van der Waals surface area contributed by atoms with E-state index >= 15 is 0 Å². The molecule has 0 spiro atoms. The van der Waals surface area contributed by atoms with Crippen molar-refractivity contribution in [3.05, 3.63) is 36.0 Å². The highest BCUT2D eigenvalue weighted by molar-refractivity contribution is 6.02. The van der Waals surface area contributed by atoms with Crippen LogP contribution >= 0.6 is 0 Å². The molecule has 0 saturated heterocycles. The molecule has 160 valence electrons. The highest BCUT2D eigenvalue weighted by Crippen LogP contribution is 2.66. The fourth-order valence-corrected chi connectivity index (χ4v) is 6.71. The lowest BCUT2D eigenvalue weighted by molar-refractivity contribution is -0.174. The zero-order chi connectivity index (χ0) is 22.1. The van der Waals surface area contributed by atoms with Gasteiger partial charge in [-0.3, -0.25) is 19.2 Å². The van der Waals surface area contributed by atoms with Crippen molar-refractivity contribution >= 4 is 23.3 Å². The second kappa shape index (κ2) is 6.58. The summed E-state index contributed by atoms with van der Waals surface area (Å²) in [6.45, 7) is 6.36. The molecule has 0 radical (unpaired) electrons. The molecule has 4 aliphatic rings. The number of esters is 1. The third-order valence-corrected chi connectivity index (χ3v) is 8.24. The Balaban J connectivity index is 1.75. The number of fused-ring (bicyclic) bond motifs is 5. The fourth-order valence-electron chi connectivity index (χ4n) is 6.71. The van der Waals surface area contributed by atoms with Crippen LogP contribution in [0.3, 0.4) is 0 Å². The maximum Gasteiger partial charge on any atom is 0.303 e. The molecule has 0 aliphatic heterocycles. The summed E-state index contributed by atoms with van der Waals surface area (Å²) in [5, 5.41) is 11.6. The zero-order valence-electron chi connectivity index (χ0n) is 17.8. The molecule has 2 saturated carbocycles. The summed E-state index contributed by atoms with van der Waals surface area (Å²) in [5.41, 5.74) is -2.42. The topological polar surface area (TPSA) is 97.7 Å². The molecule has 1 N–H and O–H groups in total. The molecule has 0 unspecified atom stereocenters. The number of ketones is 3. The minimum Gasteiger partial charge on any atom is -0.458 e. The lowest BCUT2D eigenvalue weighted by atomic mass is 9.48. The van der Waals surface area contributed by atoms with Crippen LogP contribution in [0.4, 0.5) is 0 Å². The largest absolute Gasteiger partial charge is 0.458 e. The normalized spacial score (nSPS) is 44.1. The number of Topliss-reactive ketones (excluding diaryl/α,β-unsaturated/α-hetero) is 2. The van der Waals surface area contributed by atoms with E-state index in [0.717, 1.165) is 5.57 Å². The van der Waals surface area contributed by atoms with Crippen LogP contribution in [0, 0.1) is 34.5 Å². The van der Waals surface area contributed by atoms with Gasteiger partial charge in [0.1, 0.15) is 11.4 Å². The molecule has 0 aromatic heterocycles. The maximum atomic E-state index is 13.5. The molecule has 0 heterocycles. The molecule has 30 heavy (non-hydrogen) atoms. The second-order valence-corrected chi connectivity index (χ2v) is 9.81. The number of rotatable bonds is 3. The van der Waals surface area contributed by atoms with Crippen molar-refractivity contribution in [2.24, 2.45) is 34.5 Å². The Hall–Kier alpha value is -2.34. The predicted octanol–water partition coefficient (Wildman–Crippen LogP) is 2.36. The van der Waals surface area contributed by atoms with Crippen LogP contribution in [-0.4, -0.2) is 40.6 Å². The Morgan fingerprint density at radius 1 is 1.23 bits per heavy atom. The van der Waals surface area contributed by atoms with E-state index in [1.165, 1.54) is 13.0 Å². The van der Waals surface area contributed by atoms with Crippen molar-refractivity contribution in [3.8, 4) is 0 Å². The Labute approximate surface area is 176 Å². The number of aliphatic hydroxyl groups is 1. The van der Waals surface area contributed by atoms with Gasteiger partial charge in [0.2, 0.25) is 5.78 Å². The monoisotopic (exact) mass is 412 g/mol. The minimum absolute atomic E-state index is 0.0108. The van der Waals surface area contributed by atoms with Crippen molar-refractivity contribution in [1.82, 2.24) is 0 Å². The molecule has 0 aromatic carbocycles. The second-order valence-electron chi connectivity index (χ2n) is 9.81. The van der Waals surface area contributed by atoms with Gasteiger partial charge in [0.25, 0.3) is 0 Å². The van der Waals surface area contributed by atoms with Crippen LogP contribution < -0.4 is 0 Å². The Kier molecular flexibility index (Phi) is 4.59. The number of hydrogen-bond acceptors (Lipinski definition) is 6. The highest BCUT2D eigenvalue weighted by Gasteiger charge is 2.70. The van der Waals surface area contributed by atoms with Gasteiger partial charge in [0, 0.05) is 30.1 Å². The van der Waals surface area contributed by atoms with E-state index < -0.39 is 34.8 Å². The number of ether oxygens (including phenoxy) is 1. The van der Waals surface area contributed by atoms with Gasteiger partial charge in [-0.2, -0.15) is 0 Å². The van der Waals surface area contributed by atoms with Crippen LogP contribution in [-0.2, 0) is 23.9 Å². The van der Waals surface area contributed by atoms with Gasteiger partial charge >= 0.3 is 5.97 Å². The Bertz CT molecular complexity index is 941. The third-order valence-electron chi connectivity index (χ3n) is 8.24. The Morgan fingerprint density at radius 3 is 2.60 bits per heavy atom. The molecule has 4 rings (SSSR count). The van der Waals surface area contributed by atoms with E-state index in [2.05, 4.69) is 0 Å². The molecule has 0 aromatic rings. The molecule has 4 aliphatic carbocycles. The van der Waals surface area contributed by atoms with Crippen molar-refractivity contribution in [2.45, 2.75) is 46.1 Å². The van der Waals surface area contributed by atoms with Crippen molar-refractivity contribution in [2.75, 3.05) is 6.61 Å².